The molecule has 1 saturated heterocycles. The average molecular weight is 228 g/mol. The monoisotopic (exact) mass is 227 g/mol. The number of hydrogen-bond donors (Lipinski definition) is 1. The Morgan fingerprint density at radius 2 is 2.27 bits per heavy atom. The molecular weight excluding hydrogens is 214 g/mol. The van der Waals surface area contributed by atoms with Gasteiger partial charge in [0, 0.05) is 31.4 Å². The molecule has 2 heterocycles. The van der Waals surface area contributed by atoms with Gasteiger partial charge in [-0.1, -0.05) is 0 Å². The lowest BCUT2D eigenvalue weighted by molar-refractivity contribution is 0.440. The van der Waals surface area contributed by atoms with Gasteiger partial charge in [0.05, 0.1) is 0 Å². The van der Waals surface area contributed by atoms with E-state index in [1.807, 2.05) is 4.90 Å². The van der Waals surface area contributed by atoms with Gasteiger partial charge in [0.25, 0.3) is 5.56 Å². The van der Waals surface area contributed by atoms with Crippen molar-refractivity contribution in [3.8, 4) is 0 Å². The topological polar surface area (TPSA) is 49.0 Å². The normalized spacial score (nSPS) is 18.1. The third-order valence-electron chi connectivity index (χ3n) is 2.82. The number of nitrogens with one attached hydrogen (secondary N) is 1. The molecule has 0 unspecified atom stereocenters. The Balaban J connectivity index is 2.08. The largest absolute Gasteiger partial charge is 0.352 e. The number of aromatic amines is 1. The molecule has 0 spiro atoms. The van der Waals surface area contributed by atoms with Crippen molar-refractivity contribution in [3.05, 3.63) is 22.7 Å². The summed E-state index contributed by atoms with van der Waals surface area (Å²) in [6.45, 7) is 1.74. The first-order valence-corrected chi connectivity index (χ1v) is 5.69. The lowest BCUT2D eigenvalue weighted by atomic mass is 9.99. The number of H-pyrrole nitrogens is 1. The zero-order valence-corrected chi connectivity index (χ0v) is 9.20. The minimum absolute atomic E-state index is 0.109. The zero-order valence-electron chi connectivity index (χ0n) is 8.45. The molecule has 0 saturated carbocycles. The van der Waals surface area contributed by atoms with Gasteiger partial charge in [0.15, 0.2) is 5.82 Å². The fourth-order valence-corrected chi connectivity index (χ4v) is 2.18. The van der Waals surface area contributed by atoms with Crippen LogP contribution in [0.2, 0.25) is 0 Å². The number of halogens is 1. The zero-order chi connectivity index (χ0) is 10.7. The van der Waals surface area contributed by atoms with Crippen molar-refractivity contribution < 1.29 is 0 Å². The van der Waals surface area contributed by atoms with E-state index in [2.05, 4.69) is 9.97 Å². The number of nitrogens with zero attached hydrogens (tertiary/aromatic N) is 2. The van der Waals surface area contributed by atoms with Gasteiger partial charge in [-0.25, -0.2) is 4.98 Å². The van der Waals surface area contributed by atoms with Gasteiger partial charge in [-0.05, 0) is 18.8 Å². The summed E-state index contributed by atoms with van der Waals surface area (Å²) in [6.07, 6.45) is 5.25. The van der Waals surface area contributed by atoms with Crippen LogP contribution in [0.4, 0.5) is 5.82 Å². The van der Waals surface area contributed by atoms with E-state index < -0.39 is 0 Å². The molecule has 1 N–H and O–H groups in total. The molecular formula is C10H14ClN3O. The van der Waals surface area contributed by atoms with E-state index in [-0.39, 0.29) is 5.56 Å². The summed E-state index contributed by atoms with van der Waals surface area (Å²) in [5.41, 5.74) is -0.109. The molecule has 5 heteroatoms. The van der Waals surface area contributed by atoms with E-state index in [0.29, 0.717) is 17.6 Å². The highest BCUT2D eigenvalue weighted by Crippen LogP contribution is 2.20. The van der Waals surface area contributed by atoms with Gasteiger partial charge in [-0.3, -0.25) is 4.79 Å². The first-order chi connectivity index (χ1) is 7.31. The Bertz CT molecular complexity index is 371. The third-order valence-corrected chi connectivity index (χ3v) is 3.26. The Kier molecular flexibility index (Phi) is 3.26. The molecule has 15 heavy (non-hydrogen) atoms. The summed E-state index contributed by atoms with van der Waals surface area (Å²) in [4.78, 5) is 20.3. The number of anilines is 1. The Morgan fingerprint density at radius 1 is 1.53 bits per heavy atom. The quantitative estimate of drug-likeness (QED) is 0.773. The predicted molar refractivity (Wildman–Crippen MR) is 60.5 cm³/mol. The smallest absolute Gasteiger partial charge is 0.290 e. The number of piperidine rings is 1. The first kappa shape index (κ1) is 10.5. The van der Waals surface area contributed by atoms with Crippen LogP contribution in [0.15, 0.2) is 17.2 Å². The van der Waals surface area contributed by atoms with Gasteiger partial charge in [-0.15, -0.1) is 11.6 Å². The lowest BCUT2D eigenvalue weighted by Gasteiger charge is -2.31. The van der Waals surface area contributed by atoms with Crippen molar-refractivity contribution in [1.82, 2.24) is 9.97 Å². The summed E-state index contributed by atoms with van der Waals surface area (Å²) in [5, 5.41) is 0. The summed E-state index contributed by atoms with van der Waals surface area (Å²) in [5.74, 6) is 1.84. The fraction of sp³-hybridized carbons (Fsp3) is 0.600. The van der Waals surface area contributed by atoms with Crippen LogP contribution in [0, 0.1) is 5.92 Å². The average Bonchev–Trinajstić information content (AvgIpc) is 2.30. The van der Waals surface area contributed by atoms with Crippen LogP contribution in [0.1, 0.15) is 12.8 Å². The minimum atomic E-state index is -0.109. The van der Waals surface area contributed by atoms with Crippen molar-refractivity contribution in [2.45, 2.75) is 12.8 Å². The van der Waals surface area contributed by atoms with Gasteiger partial charge in [-0.2, -0.15) is 0 Å². The van der Waals surface area contributed by atoms with Crippen LogP contribution in [0.3, 0.4) is 0 Å². The van der Waals surface area contributed by atoms with Crippen molar-refractivity contribution in [2.75, 3.05) is 23.9 Å². The summed E-state index contributed by atoms with van der Waals surface area (Å²) >= 11 is 5.80. The molecule has 0 bridgehead atoms. The second kappa shape index (κ2) is 4.66. The number of alkyl halides is 1. The molecule has 0 atom stereocenters. The number of hydrogen-bond acceptors (Lipinski definition) is 3. The van der Waals surface area contributed by atoms with Crippen molar-refractivity contribution in [3.63, 3.8) is 0 Å². The highest BCUT2D eigenvalue weighted by molar-refractivity contribution is 6.18. The molecule has 0 amide bonds. The number of aromatic nitrogens is 2. The SMILES string of the molecule is O=c1[nH]ccnc1N1CCC(CCl)CC1. The molecule has 1 aliphatic heterocycles. The minimum Gasteiger partial charge on any atom is -0.352 e. The van der Waals surface area contributed by atoms with E-state index in [4.69, 9.17) is 11.6 Å². The Hall–Kier alpha value is -1.03. The third kappa shape index (κ3) is 2.31. The second-order valence-corrected chi connectivity index (χ2v) is 4.14. The van der Waals surface area contributed by atoms with Crippen LogP contribution in [0.5, 0.6) is 0 Å². The Labute approximate surface area is 93.3 Å². The molecule has 0 radical (unpaired) electrons. The molecule has 1 fully saturated rings. The van der Waals surface area contributed by atoms with Crippen LogP contribution in [-0.2, 0) is 0 Å². The molecule has 0 aromatic carbocycles. The van der Waals surface area contributed by atoms with Gasteiger partial charge in [0.2, 0.25) is 0 Å². The van der Waals surface area contributed by atoms with Gasteiger partial charge < -0.3 is 9.88 Å². The lowest BCUT2D eigenvalue weighted by Crippen LogP contribution is -2.37. The van der Waals surface area contributed by atoms with E-state index >= 15 is 0 Å². The van der Waals surface area contributed by atoms with Crippen LogP contribution in [0.25, 0.3) is 0 Å². The van der Waals surface area contributed by atoms with Crippen LogP contribution < -0.4 is 10.5 Å². The van der Waals surface area contributed by atoms with Gasteiger partial charge in [0.1, 0.15) is 0 Å². The molecule has 82 valence electrons. The van der Waals surface area contributed by atoms with Crippen LogP contribution >= 0.6 is 11.6 Å². The number of rotatable bonds is 2. The highest BCUT2D eigenvalue weighted by Gasteiger charge is 2.20. The summed E-state index contributed by atoms with van der Waals surface area (Å²) in [6, 6.07) is 0. The second-order valence-electron chi connectivity index (χ2n) is 3.83. The van der Waals surface area contributed by atoms with Crippen LogP contribution in [-0.4, -0.2) is 28.9 Å². The Morgan fingerprint density at radius 3 is 2.87 bits per heavy atom. The molecule has 1 aromatic heterocycles. The molecule has 0 aliphatic carbocycles. The highest BCUT2D eigenvalue weighted by atomic mass is 35.5. The maximum atomic E-state index is 11.5. The van der Waals surface area contributed by atoms with Crippen molar-refractivity contribution >= 4 is 17.4 Å². The van der Waals surface area contributed by atoms with E-state index in [1.54, 1.807) is 12.4 Å². The standard InChI is InChI=1S/C10H14ClN3O/c11-7-8-1-5-14(6-2-8)9-10(15)13-4-3-12-9/h3-4,8H,1-2,5-7H2,(H,13,15). The summed E-state index contributed by atoms with van der Waals surface area (Å²) < 4.78 is 0. The van der Waals surface area contributed by atoms with E-state index in [1.165, 1.54) is 0 Å². The predicted octanol–water partition coefficient (Wildman–Crippen LogP) is 1.23. The molecule has 1 aliphatic rings. The molecule has 1 aromatic rings. The summed E-state index contributed by atoms with van der Waals surface area (Å²) in [7, 11) is 0. The van der Waals surface area contributed by atoms with E-state index in [0.717, 1.165) is 25.9 Å². The fourth-order valence-electron chi connectivity index (χ4n) is 1.87. The first-order valence-electron chi connectivity index (χ1n) is 5.16. The van der Waals surface area contributed by atoms with Crippen molar-refractivity contribution in [2.24, 2.45) is 5.92 Å². The maximum Gasteiger partial charge on any atom is 0.290 e. The van der Waals surface area contributed by atoms with Crippen molar-refractivity contribution in [1.29, 1.82) is 0 Å². The van der Waals surface area contributed by atoms with Gasteiger partial charge >= 0.3 is 0 Å². The maximum absolute atomic E-state index is 11.5. The molecule has 2 rings (SSSR count). The molecule has 4 nitrogen and oxygen atoms in total. The van der Waals surface area contributed by atoms with E-state index in [9.17, 15) is 4.79 Å².